The second-order valence-corrected chi connectivity index (χ2v) is 12.0. The van der Waals surface area contributed by atoms with Crippen LogP contribution in [0.15, 0.2) is 121 Å². The van der Waals surface area contributed by atoms with E-state index in [-0.39, 0.29) is 57.6 Å². The van der Waals surface area contributed by atoms with Crippen LogP contribution in [0.25, 0.3) is 0 Å². The first-order valence-electron chi connectivity index (χ1n) is 11.3. The van der Waals surface area contributed by atoms with Gasteiger partial charge in [-0.1, -0.05) is 121 Å². The molecule has 12 nitrogen and oxygen atoms in total. The van der Waals surface area contributed by atoms with E-state index in [9.17, 15) is 0 Å². The van der Waals surface area contributed by atoms with Crippen molar-refractivity contribution in [1.29, 1.82) is 0 Å². The summed E-state index contributed by atoms with van der Waals surface area (Å²) in [7, 11) is -0.696. The zero-order valence-electron chi connectivity index (χ0n) is 21.4. The standard InChI is InChI=1S/C26H24P2.Ce.3NO3/c1-5-13-23(14-6-1)27(24-15-7-2-8-16-24)21-22-28(25-17-9-3-10-18-25)26-19-11-4-12-20-26;;3*2-1(3)4/h1-20H,21-22H2;;;;/q;+3;3*-1. The third-order valence-electron chi connectivity index (χ3n) is 4.82. The van der Waals surface area contributed by atoms with E-state index in [4.69, 9.17) is 46.0 Å². The molecular formula is C26H24CeN3O9P2. The molecule has 15 heteroatoms. The molecule has 0 N–H and O–H groups in total. The normalized spacial score (nSPS) is 9.32. The molecule has 41 heavy (non-hydrogen) atoms. The van der Waals surface area contributed by atoms with Crippen LogP contribution in [-0.4, -0.2) is 27.6 Å². The van der Waals surface area contributed by atoms with Crippen LogP contribution in [0, 0.1) is 87.7 Å². The molecule has 4 aromatic carbocycles. The largest absolute Gasteiger partial charge is 3.00 e. The van der Waals surface area contributed by atoms with Crippen molar-refractivity contribution in [3.63, 3.8) is 0 Å². The summed E-state index contributed by atoms with van der Waals surface area (Å²) in [6.07, 6.45) is 2.41. The summed E-state index contributed by atoms with van der Waals surface area (Å²) in [4.78, 5) is 24.8. The van der Waals surface area contributed by atoms with Crippen molar-refractivity contribution in [1.82, 2.24) is 0 Å². The molecule has 0 unspecified atom stereocenters. The molecule has 0 aromatic heterocycles. The van der Waals surface area contributed by atoms with Crippen molar-refractivity contribution < 1.29 is 57.0 Å². The van der Waals surface area contributed by atoms with Gasteiger partial charge in [-0.2, -0.15) is 0 Å². The van der Waals surface area contributed by atoms with Crippen LogP contribution in [0.3, 0.4) is 0 Å². The molecule has 0 fully saturated rings. The van der Waals surface area contributed by atoms with Crippen LogP contribution in [0.1, 0.15) is 0 Å². The second kappa shape index (κ2) is 22.4. The van der Waals surface area contributed by atoms with E-state index < -0.39 is 15.3 Å². The van der Waals surface area contributed by atoms with Crippen molar-refractivity contribution in [2.45, 2.75) is 0 Å². The Hall–Kier alpha value is -3.28. The minimum absolute atomic E-state index is 0. The Morgan fingerprint density at radius 2 is 0.537 bits per heavy atom. The molecule has 0 aliphatic rings. The van der Waals surface area contributed by atoms with E-state index in [0.29, 0.717) is 0 Å². The van der Waals surface area contributed by atoms with E-state index in [1.807, 2.05) is 0 Å². The number of benzene rings is 4. The molecule has 0 atom stereocenters. The van der Waals surface area contributed by atoms with Gasteiger partial charge in [0.2, 0.25) is 0 Å². The Morgan fingerprint density at radius 1 is 0.390 bits per heavy atom. The fourth-order valence-corrected chi connectivity index (χ4v) is 8.80. The van der Waals surface area contributed by atoms with Gasteiger partial charge < -0.3 is 46.0 Å². The Bertz CT molecular complexity index is 1080. The van der Waals surface area contributed by atoms with Crippen LogP contribution < -0.4 is 21.2 Å². The fourth-order valence-electron chi connectivity index (χ4n) is 3.45. The molecule has 4 aromatic rings. The summed E-state index contributed by atoms with van der Waals surface area (Å²) < 4.78 is 0. The number of hydrogen-bond acceptors (Lipinski definition) is 9. The van der Waals surface area contributed by atoms with Gasteiger partial charge in [-0.15, -0.1) is 0 Å². The molecule has 0 heterocycles. The monoisotopic (exact) mass is 724 g/mol. The Balaban J connectivity index is 0.00000105. The van der Waals surface area contributed by atoms with E-state index in [0.717, 1.165) is 0 Å². The average Bonchev–Trinajstić information content (AvgIpc) is 2.92. The van der Waals surface area contributed by atoms with Gasteiger partial charge in [-0.25, -0.2) is 0 Å². The van der Waals surface area contributed by atoms with Crippen molar-refractivity contribution in [3.8, 4) is 0 Å². The first-order chi connectivity index (χ1) is 19.1. The number of hydrogen-bond donors (Lipinski definition) is 0. The molecule has 0 bridgehead atoms. The number of nitrogens with zero attached hydrogens (tertiary/aromatic N) is 3. The molecule has 0 aliphatic carbocycles. The summed E-state index contributed by atoms with van der Waals surface area (Å²) in [5, 5.41) is 50.1. The van der Waals surface area contributed by atoms with Crippen molar-refractivity contribution in [2.24, 2.45) is 0 Å². The van der Waals surface area contributed by atoms with E-state index in [2.05, 4.69) is 121 Å². The van der Waals surface area contributed by atoms with Gasteiger partial charge in [0.15, 0.2) is 0 Å². The fraction of sp³-hybridized carbons (Fsp3) is 0.0769. The van der Waals surface area contributed by atoms with Gasteiger partial charge in [0.05, 0.1) is 15.3 Å². The van der Waals surface area contributed by atoms with Crippen LogP contribution in [-0.2, 0) is 0 Å². The topological polar surface area (TPSA) is 199 Å². The van der Waals surface area contributed by atoms with Crippen LogP contribution >= 0.6 is 15.8 Å². The first-order valence-corrected chi connectivity index (χ1v) is 14.4. The van der Waals surface area contributed by atoms with Crippen molar-refractivity contribution in [3.05, 3.63) is 167 Å². The minimum atomic E-state index is -1.75. The van der Waals surface area contributed by atoms with Gasteiger partial charge in [-0.3, -0.25) is 0 Å². The quantitative estimate of drug-likeness (QED) is 0.149. The summed E-state index contributed by atoms with van der Waals surface area (Å²) in [6.45, 7) is 0. The van der Waals surface area contributed by atoms with Gasteiger partial charge in [0.1, 0.15) is 0 Å². The molecule has 211 valence electrons. The predicted octanol–water partition coefficient (Wildman–Crippen LogP) is 4.53. The predicted molar refractivity (Wildman–Crippen MR) is 159 cm³/mol. The zero-order chi connectivity index (χ0) is 29.8. The maximum atomic E-state index is 8.25. The molecule has 0 spiro atoms. The van der Waals surface area contributed by atoms with E-state index in [1.54, 1.807) is 0 Å². The first kappa shape index (κ1) is 37.7. The molecule has 1 radical (unpaired) electrons. The smallest absolute Gasteiger partial charge is 0.356 e. The number of rotatable bonds is 7. The maximum absolute atomic E-state index is 8.25. The third-order valence-corrected chi connectivity index (χ3v) is 10.2. The van der Waals surface area contributed by atoms with Crippen LogP contribution in [0.4, 0.5) is 0 Å². The van der Waals surface area contributed by atoms with E-state index in [1.165, 1.54) is 33.5 Å². The summed E-state index contributed by atoms with van der Waals surface area (Å²) in [6, 6.07) is 44.2. The minimum Gasteiger partial charge on any atom is -0.356 e. The maximum Gasteiger partial charge on any atom is 3.00 e. The second-order valence-electron chi connectivity index (χ2n) is 7.32. The molecule has 0 saturated carbocycles. The van der Waals surface area contributed by atoms with Gasteiger partial charge in [0.25, 0.3) is 0 Å². The average molecular weight is 725 g/mol. The zero-order valence-corrected chi connectivity index (χ0v) is 26.3. The van der Waals surface area contributed by atoms with Gasteiger partial charge in [0, 0.05) is 0 Å². The molecule has 0 aliphatic heterocycles. The summed E-state index contributed by atoms with van der Waals surface area (Å²) in [5.41, 5.74) is 0. The molecular weight excluding hydrogens is 700 g/mol. The van der Waals surface area contributed by atoms with Crippen LogP contribution in [0.2, 0.25) is 0 Å². The van der Waals surface area contributed by atoms with Gasteiger partial charge >= 0.3 is 41.7 Å². The van der Waals surface area contributed by atoms with Crippen molar-refractivity contribution >= 4 is 37.1 Å². The molecule has 4 rings (SSSR count). The third kappa shape index (κ3) is 17.9. The van der Waals surface area contributed by atoms with Gasteiger partial charge in [-0.05, 0) is 49.4 Å². The Labute approximate surface area is 271 Å². The molecule has 0 amide bonds. The summed E-state index contributed by atoms with van der Waals surface area (Å²) in [5.74, 6) is 0. The van der Waals surface area contributed by atoms with Crippen molar-refractivity contribution in [2.75, 3.05) is 12.3 Å². The summed E-state index contributed by atoms with van der Waals surface area (Å²) >= 11 is 0. The Morgan fingerprint density at radius 3 is 0.683 bits per heavy atom. The van der Waals surface area contributed by atoms with Crippen LogP contribution in [0.5, 0.6) is 0 Å². The molecule has 0 saturated heterocycles. The SMILES string of the molecule is O=[N+]([O-])[O-].O=[N+]([O-])[O-].O=[N+]([O-])[O-].[Ce+3].c1ccc(P(CCP(c2ccccc2)c2ccccc2)c2ccccc2)cc1. The Kier molecular flexibility index (Phi) is 20.6. The van der Waals surface area contributed by atoms with E-state index >= 15 is 0 Å².